The van der Waals surface area contributed by atoms with Gasteiger partial charge in [-0.25, -0.2) is 4.98 Å². The summed E-state index contributed by atoms with van der Waals surface area (Å²) in [6.45, 7) is 8.35. The van der Waals surface area contributed by atoms with Crippen LogP contribution in [0.15, 0.2) is 18.2 Å². The van der Waals surface area contributed by atoms with E-state index in [-0.39, 0.29) is 10.9 Å². The number of alkyl halides is 1. The molecule has 1 heterocycles. The van der Waals surface area contributed by atoms with Crippen LogP contribution in [0.5, 0.6) is 0 Å². The molecule has 4 heteroatoms. The first-order valence-corrected chi connectivity index (χ1v) is 6.44. The van der Waals surface area contributed by atoms with E-state index in [1.807, 2.05) is 25.1 Å². The zero-order chi connectivity index (χ0) is 12.8. The smallest absolute Gasteiger partial charge is 0.128 e. The molecule has 1 aromatic heterocycles. The van der Waals surface area contributed by atoms with Crippen molar-refractivity contribution in [2.45, 2.75) is 38.6 Å². The van der Waals surface area contributed by atoms with Gasteiger partial charge in [-0.2, -0.15) is 0 Å². The van der Waals surface area contributed by atoms with Gasteiger partial charge in [0, 0.05) is 10.6 Å². The number of halogens is 2. The Labute approximate surface area is 112 Å². The van der Waals surface area contributed by atoms with E-state index in [9.17, 15) is 0 Å². The first-order chi connectivity index (χ1) is 7.80. The Morgan fingerprint density at radius 2 is 1.94 bits per heavy atom. The summed E-state index contributed by atoms with van der Waals surface area (Å²) < 4.78 is 2.16. The largest absolute Gasteiger partial charge is 0.321 e. The molecule has 0 bridgehead atoms. The van der Waals surface area contributed by atoms with E-state index in [4.69, 9.17) is 23.2 Å². The summed E-state index contributed by atoms with van der Waals surface area (Å²) >= 11 is 12.3. The van der Waals surface area contributed by atoms with Crippen LogP contribution in [-0.4, -0.2) is 9.55 Å². The van der Waals surface area contributed by atoms with Gasteiger partial charge in [-0.15, -0.1) is 11.6 Å². The van der Waals surface area contributed by atoms with E-state index < -0.39 is 0 Å². The Kier molecular flexibility index (Phi) is 3.13. The molecule has 0 N–H and O–H groups in total. The molecule has 1 atom stereocenters. The van der Waals surface area contributed by atoms with E-state index in [0.29, 0.717) is 0 Å². The summed E-state index contributed by atoms with van der Waals surface area (Å²) in [4.78, 5) is 4.59. The lowest BCUT2D eigenvalue weighted by molar-refractivity contribution is 0.394. The van der Waals surface area contributed by atoms with Gasteiger partial charge in [0.2, 0.25) is 0 Å². The minimum Gasteiger partial charge on any atom is -0.321 e. The van der Waals surface area contributed by atoms with Crippen molar-refractivity contribution in [2.75, 3.05) is 0 Å². The molecule has 0 amide bonds. The Balaban J connectivity index is 2.83. The van der Waals surface area contributed by atoms with Crippen molar-refractivity contribution in [1.29, 1.82) is 0 Å². The van der Waals surface area contributed by atoms with Crippen LogP contribution in [0.1, 0.15) is 38.9 Å². The minimum atomic E-state index is -0.125. The van der Waals surface area contributed by atoms with Crippen LogP contribution in [0.25, 0.3) is 11.0 Å². The van der Waals surface area contributed by atoms with Crippen molar-refractivity contribution in [3.63, 3.8) is 0 Å². The Morgan fingerprint density at radius 3 is 2.47 bits per heavy atom. The van der Waals surface area contributed by atoms with Crippen molar-refractivity contribution in [1.82, 2.24) is 9.55 Å². The third-order valence-electron chi connectivity index (χ3n) is 2.67. The summed E-state index contributed by atoms with van der Waals surface area (Å²) in [6.07, 6.45) is 0. The van der Waals surface area contributed by atoms with Gasteiger partial charge in [-0.05, 0) is 45.9 Å². The predicted octanol–water partition coefficient (Wildman–Crippen LogP) is 4.74. The van der Waals surface area contributed by atoms with Crippen LogP contribution in [-0.2, 0) is 5.54 Å². The Hall–Kier alpha value is -0.730. The summed E-state index contributed by atoms with van der Waals surface area (Å²) in [5.74, 6) is 0.886. The molecular formula is C13H16Cl2N2. The van der Waals surface area contributed by atoms with Gasteiger partial charge in [-0.3, -0.25) is 0 Å². The van der Waals surface area contributed by atoms with Crippen LogP contribution < -0.4 is 0 Å². The molecule has 0 aliphatic rings. The molecule has 0 fully saturated rings. The van der Waals surface area contributed by atoms with Gasteiger partial charge >= 0.3 is 0 Å². The average Bonchev–Trinajstić information content (AvgIpc) is 2.55. The zero-order valence-corrected chi connectivity index (χ0v) is 12.0. The van der Waals surface area contributed by atoms with E-state index in [1.165, 1.54) is 0 Å². The average molecular weight is 271 g/mol. The van der Waals surface area contributed by atoms with Crippen molar-refractivity contribution in [3.05, 3.63) is 29.0 Å². The normalized spacial score (nSPS) is 14.2. The minimum absolute atomic E-state index is 0.0715. The number of benzene rings is 1. The quantitative estimate of drug-likeness (QED) is 0.685. The number of rotatable bonds is 1. The molecule has 17 heavy (non-hydrogen) atoms. The van der Waals surface area contributed by atoms with E-state index in [0.717, 1.165) is 21.9 Å². The molecule has 0 saturated heterocycles. The Bertz CT molecular complexity index is 550. The maximum absolute atomic E-state index is 6.21. The topological polar surface area (TPSA) is 17.8 Å². The van der Waals surface area contributed by atoms with Gasteiger partial charge in [0.15, 0.2) is 0 Å². The van der Waals surface area contributed by atoms with Crippen molar-refractivity contribution >= 4 is 34.2 Å². The molecule has 2 aromatic rings. The molecule has 0 spiro atoms. The van der Waals surface area contributed by atoms with Crippen LogP contribution in [0.4, 0.5) is 0 Å². The molecule has 2 nitrogen and oxygen atoms in total. The molecular weight excluding hydrogens is 255 g/mol. The predicted molar refractivity (Wildman–Crippen MR) is 74.0 cm³/mol. The van der Waals surface area contributed by atoms with Crippen LogP contribution in [0.3, 0.4) is 0 Å². The Morgan fingerprint density at radius 1 is 1.29 bits per heavy atom. The number of fused-ring (bicyclic) bond motifs is 1. The SMILES string of the molecule is CC(Cl)c1nc2ccc(Cl)cc2n1C(C)(C)C. The van der Waals surface area contributed by atoms with Gasteiger partial charge < -0.3 is 4.57 Å². The molecule has 0 aliphatic heterocycles. The number of nitrogens with zero attached hydrogens (tertiary/aromatic N) is 2. The fourth-order valence-corrected chi connectivity index (χ4v) is 2.35. The van der Waals surface area contributed by atoms with Gasteiger partial charge in [0.1, 0.15) is 5.82 Å². The van der Waals surface area contributed by atoms with Gasteiger partial charge in [0.25, 0.3) is 0 Å². The fourth-order valence-electron chi connectivity index (χ4n) is 2.04. The van der Waals surface area contributed by atoms with E-state index >= 15 is 0 Å². The molecule has 0 aliphatic carbocycles. The first kappa shape index (κ1) is 12.7. The lowest BCUT2D eigenvalue weighted by Gasteiger charge is -2.25. The lowest BCUT2D eigenvalue weighted by atomic mass is 10.1. The summed E-state index contributed by atoms with van der Waals surface area (Å²) in [5, 5.41) is 0.595. The summed E-state index contributed by atoms with van der Waals surface area (Å²) in [5.41, 5.74) is 1.90. The highest BCUT2D eigenvalue weighted by atomic mass is 35.5. The van der Waals surface area contributed by atoms with Crippen LogP contribution in [0, 0.1) is 0 Å². The summed E-state index contributed by atoms with van der Waals surface area (Å²) in [7, 11) is 0. The monoisotopic (exact) mass is 270 g/mol. The third kappa shape index (κ3) is 2.29. The molecule has 1 unspecified atom stereocenters. The first-order valence-electron chi connectivity index (χ1n) is 5.63. The number of imidazole rings is 1. The fraction of sp³-hybridized carbons (Fsp3) is 0.462. The van der Waals surface area contributed by atoms with Gasteiger partial charge in [0.05, 0.1) is 16.4 Å². The summed E-state index contributed by atoms with van der Waals surface area (Å²) in [6, 6.07) is 5.73. The maximum Gasteiger partial charge on any atom is 0.128 e. The van der Waals surface area contributed by atoms with Gasteiger partial charge in [-0.1, -0.05) is 11.6 Å². The second kappa shape index (κ2) is 4.18. The van der Waals surface area contributed by atoms with Crippen LogP contribution >= 0.6 is 23.2 Å². The molecule has 1 aromatic carbocycles. The molecule has 92 valence electrons. The standard InChI is InChI=1S/C13H16Cl2N2/c1-8(14)12-16-10-6-5-9(15)7-11(10)17(12)13(2,3)4/h5-8H,1-4H3. The van der Waals surface area contributed by atoms with Crippen molar-refractivity contribution in [2.24, 2.45) is 0 Å². The molecule has 0 saturated carbocycles. The number of hydrogen-bond donors (Lipinski definition) is 0. The highest BCUT2D eigenvalue weighted by Crippen LogP contribution is 2.31. The highest BCUT2D eigenvalue weighted by Gasteiger charge is 2.23. The number of hydrogen-bond acceptors (Lipinski definition) is 1. The molecule has 0 radical (unpaired) electrons. The molecule has 2 rings (SSSR count). The second-order valence-corrected chi connectivity index (χ2v) is 6.32. The second-order valence-electron chi connectivity index (χ2n) is 5.23. The van der Waals surface area contributed by atoms with Crippen LogP contribution in [0.2, 0.25) is 5.02 Å². The highest BCUT2D eigenvalue weighted by molar-refractivity contribution is 6.31. The van der Waals surface area contributed by atoms with Crippen molar-refractivity contribution < 1.29 is 0 Å². The lowest BCUT2D eigenvalue weighted by Crippen LogP contribution is -2.24. The van der Waals surface area contributed by atoms with Crippen molar-refractivity contribution in [3.8, 4) is 0 Å². The van der Waals surface area contributed by atoms with E-state index in [2.05, 4.69) is 30.3 Å². The third-order valence-corrected chi connectivity index (χ3v) is 3.10. The number of aromatic nitrogens is 2. The zero-order valence-electron chi connectivity index (χ0n) is 10.5. The maximum atomic E-state index is 6.21. The van der Waals surface area contributed by atoms with E-state index in [1.54, 1.807) is 0 Å².